The molecular weight excluding hydrogens is 464 g/mol. The van der Waals surface area contributed by atoms with Crippen LogP contribution >= 0.6 is 0 Å². The van der Waals surface area contributed by atoms with E-state index in [-0.39, 0.29) is 29.6 Å². The number of hydrogen-bond donors (Lipinski definition) is 3. The van der Waals surface area contributed by atoms with Gasteiger partial charge in [0.2, 0.25) is 0 Å². The summed E-state index contributed by atoms with van der Waals surface area (Å²) in [5.41, 5.74) is 6.12. The zero-order chi connectivity index (χ0) is 26.7. The van der Waals surface area contributed by atoms with Gasteiger partial charge in [0.25, 0.3) is 0 Å². The summed E-state index contributed by atoms with van der Waals surface area (Å²) in [5, 5.41) is 29.8. The van der Waals surface area contributed by atoms with Crippen molar-refractivity contribution in [3.05, 3.63) is 76.6 Å². The third-order valence-corrected chi connectivity index (χ3v) is 9.22. The van der Waals surface area contributed by atoms with E-state index in [1.54, 1.807) is 12.2 Å². The van der Waals surface area contributed by atoms with E-state index in [1.807, 2.05) is 6.08 Å². The van der Waals surface area contributed by atoms with Gasteiger partial charge in [0, 0.05) is 5.92 Å². The molecule has 0 saturated heterocycles. The molecule has 6 atom stereocenters. The summed E-state index contributed by atoms with van der Waals surface area (Å²) < 4.78 is 0. The molecule has 1 aromatic rings. The van der Waals surface area contributed by atoms with Crippen LogP contribution in [-0.4, -0.2) is 33.7 Å². The third-order valence-electron chi connectivity index (χ3n) is 9.22. The summed E-state index contributed by atoms with van der Waals surface area (Å²) in [6.45, 7) is 7.84. The minimum atomic E-state index is -1.09. The molecule has 37 heavy (non-hydrogen) atoms. The fraction of sp³-hybridized carbons (Fsp3) is 0.500. The van der Waals surface area contributed by atoms with Crippen LogP contribution in [0.1, 0.15) is 82.3 Å². The Morgan fingerprint density at radius 3 is 2.54 bits per heavy atom. The first kappa shape index (κ1) is 27.1. The predicted molar refractivity (Wildman–Crippen MR) is 146 cm³/mol. The Morgan fingerprint density at radius 2 is 1.92 bits per heavy atom. The van der Waals surface area contributed by atoms with E-state index in [4.69, 9.17) is 0 Å². The molecule has 1 aromatic carbocycles. The lowest BCUT2D eigenvalue weighted by Crippen LogP contribution is -2.44. The van der Waals surface area contributed by atoms with E-state index in [1.165, 1.54) is 22.3 Å². The molecule has 5 heteroatoms. The minimum Gasteiger partial charge on any atom is -0.512 e. The first-order valence-electron chi connectivity index (χ1n) is 13.6. The summed E-state index contributed by atoms with van der Waals surface area (Å²) in [6, 6.07) is 8.41. The van der Waals surface area contributed by atoms with Crippen molar-refractivity contribution in [2.45, 2.75) is 77.2 Å². The van der Waals surface area contributed by atoms with Gasteiger partial charge in [-0.2, -0.15) is 0 Å². The van der Waals surface area contributed by atoms with Gasteiger partial charge < -0.3 is 15.3 Å². The van der Waals surface area contributed by atoms with Gasteiger partial charge in [-0.3, -0.25) is 9.59 Å². The second kappa shape index (κ2) is 11.2. The van der Waals surface area contributed by atoms with Crippen LogP contribution in [0.5, 0.6) is 0 Å². The van der Waals surface area contributed by atoms with Crippen LogP contribution in [-0.2, 0) is 9.59 Å². The SMILES string of the molecule is C=C(O)C(C/C=C/c1ccc(C2CC3(C)C(O)CCC3C3CC/C(=C/C=O)C(CCC)=C23)cc1)C(=O)O. The Balaban J connectivity index is 1.69. The zero-order valence-corrected chi connectivity index (χ0v) is 22.0. The van der Waals surface area contributed by atoms with Gasteiger partial charge in [0.05, 0.1) is 11.9 Å². The lowest BCUT2D eigenvalue weighted by Gasteiger charge is -2.51. The molecule has 0 aromatic heterocycles. The lowest BCUT2D eigenvalue weighted by atomic mass is 9.53. The first-order chi connectivity index (χ1) is 17.7. The van der Waals surface area contributed by atoms with Crippen molar-refractivity contribution < 1.29 is 24.9 Å². The van der Waals surface area contributed by atoms with Crippen molar-refractivity contribution in [1.82, 2.24) is 0 Å². The lowest BCUT2D eigenvalue weighted by molar-refractivity contribution is -0.141. The second-order valence-corrected chi connectivity index (χ2v) is 11.3. The second-order valence-electron chi connectivity index (χ2n) is 11.3. The fourth-order valence-electron chi connectivity index (χ4n) is 7.33. The van der Waals surface area contributed by atoms with Crippen LogP contribution in [0.2, 0.25) is 0 Å². The van der Waals surface area contributed by atoms with Crippen LogP contribution in [0.25, 0.3) is 6.08 Å². The van der Waals surface area contributed by atoms with Gasteiger partial charge in [0.15, 0.2) is 0 Å². The van der Waals surface area contributed by atoms with Crippen LogP contribution in [0.15, 0.2) is 65.5 Å². The molecular formula is C32H40O5. The normalized spacial score (nSPS) is 31.3. The predicted octanol–water partition coefficient (Wildman–Crippen LogP) is 6.76. The van der Waals surface area contributed by atoms with Crippen molar-refractivity contribution in [2.24, 2.45) is 23.2 Å². The Hall–Kier alpha value is -2.92. The zero-order valence-electron chi connectivity index (χ0n) is 22.0. The van der Waals surface area contributed by atoms with Gasteiger partial charge in [-0.05, 0) is 90.5 Å². The van der Waals surface area contributed by atoms with E-state index < -0.39 is 11.9 Å². The van der Waals surface area contributed by atoms with Crippen molar-refractivity contribution in [2.75, 3.05) is 0 Å². The van der Waals surface area contributed by atoms with E-state index >= 15 is 0 Å². The highest BCUT2D eigenvalue weighted by atomic mass is 16.4. The molecule has 0 heterocycles. The van der Waals surface area contributed by atoms with Crippen molar-refractivity contribution >= 4 is 18.3 Å². The summed E-state index contributed by atoms with van der Waals surface area (Å²) in [6.07, 6.45) is 13.0. The molecule has 2 fully saturated rings. The number of aliphatic hydroxyl groups is 2. The van der Waals surface area contributed by atoms with Crippen LogP contribution in [0.3, 0.4) is 0 Å². The summed E-state index contributed by atoms with van der Waals surface area (Å²) >= 11 is 0. The van der Waals surface area contributed by atoms with Gasteiger partial charge in [0.1, 0.15) is 12.2 Å². The largest absolute Gasteiger partial charge is 0.512 e. The first-order valence-corrected chi connectivity index (χ1v) is 13.6. The average molecular weight is 505 g/mol. The van der Waals surface area contributed by atoms with E-state index in [9.17, 15) is 24.9 Å². The van der Waals surface area contributed by atoms with Gasteiger partial charge >= 0.3 is 5.97 Å². The molecule has 5 nitrogen and oxygen atoms in total. The Morgan fingerprint density at radius 1 is 1.19 bits per heavy atom. The fourth-order valence-corrected chi connectivity index (χ4v) is 7.33. The number of carbonyl (C=O) groups excluding carboxylic acids is 1. The van der Waals surface area contributed by atoms with E-state index in [2.05, 4.69) is 44.7 Å². The smallest absolute Gasteiger partial charge is 0.314 e. The number of aliphatic carboxylic acids is 1. The highest BCUT2D eigenvalue weighted by Crippen LogP contribution is 2.63. The number of hydrogen-bond acceptors (Lipinski definition) is 4. The maximum Gasteiger partial charge on any atom is 0.314 e. The maximum atomic E-state index is 11.5. The number of carbonyl (C=O) groups is 2. The molecule has 0 radical (unpaired) electrons. The summed E-state index contributed by atoms with van der Waals surface area (Å²) in [4.78, 5) is 22.7. The number of fused-ring (bicyclic) bond motifs is 3. The molecule has 2 saturated carbocycles. The molecule has 0 bridgehead atoms. The van der Waals surface area contributed by atoms with Crippen LogP contribution in [0.4, 0.5) is 0 Å². The topological polar surface area (TPSA) is 94.8 Å². The number of aldehydes is 1. The molecule has 4 rings (SSSR count). The molecule has 0 aliphatic heterocycles. The Kier molecular flexibility index (Phi) is 8.23. The molecule has 0 amide bonds. The number of carboxylic acids is 1. The molecule has 6 unspecified atom stereocenters. The highest BCUT2D eigenvalue weighted by Gasteiger charge is 2.56. The molecule has 3 aliphatic rings. The van der Waals surface area contributed by atoms with E-state index in [0.717, 1.165) is 56.8 Å². The number of benzene rings is 1. The number of rotatable bonds is 9. The molecule has 0 spiro atoms. The average Bonchev–Trinajstić information content (AvgIpc) is 3.17. The minimum absolute atomic E-state index is 0.112. The van der Waals surface area contributed by atoms with Gasteiger partial charge in [-0.15, -0.1) is 0 Å². The summed E-state index contributed by atoms with van der Waals surface area (Å²) in [7, 11) is 0. The highest BCUT2D eigenvalue weighted by molar-refractivity contribution is 5.73. The van der Waals surface area contributed by atoms with Crippen molar-refractivity contribution in [3.63, 3.8) is 0 Å². The standard InChI is InChI=1S/C32H40O5/c1-4-6-25-23(17-18-33)13-14-26-28-15-16-29(35)32(28,3)19-27(30(25)26)22-11-9-21(10-12-22)7-5-8-24(20(2)34)31(36)37/h5,7,9-12,17-18,24,26-29,34-35H,2,4,6,8,13-16,19H2,1,3H3,(H,36,37)/b7-5+,23-17-. The Labute approximate surface area is 220 Å². The van der Waals surface area contributed by atoms with E-state index in [0.29, 0.717) is 11.8 Å². The number of allylic oxidation sites excluding steroid dienone is 5. The number of aliphatic hydroxyl groups excluding tert-OH is 2. The van der Waals surface area contributed by atoms with Crippen LogP contribution in [0, 0.1) is 23.2 Å². The van der Waals surface area contributed by atoms with Crippen molar-refractivity contribution in [1.29, 1.82) is 0 Å². The third kappa shape index (κ3) is 5.24. The molecule has 198 valence electrons. The molecule has 3 aliphatic carbocycles. The Bertz CT molecular complexity index is 1110. The quantitative estimate of drug-likeness (QED) is 0.196. The van der Waals surface area contributed by atoms with Gasteiger partial charge in [-0.25, -0.2) is 0 Å². The van der Waals surface area contributed by atoms with Crippen LogP contribution < -0.4 is 0 Å². The molecule has 3 N–H and O–H groups in total. The monoisotopic (exact) mass is 504 g/mol. The van der Waals surface area contributed by atoms with Gasteiger partial charge in [-0.1, -0.05) is 68.8 Å². The summed E-state index contributed by atoms with van der Waals surface area (Å²) in [5.74, 6) is -1.33. The number of carboxylic acid groups (broad SMARTS) is 1. The maximum absolute atomic E-state index is 11.5. The van der Waals surface area contributed by atoms with Crippen molar-refractivity contribution in [3.8, 4) is 0 Å².